The summed E-state index contributed by atoms with van der Waals surface area (Å²) in [6, 6.07) is -0.585. The van der Waals surface area contributed by atoms with Crippen LogP contribution in [0.4, 0.5) is 0 Å². The van der Waals surface area contributed by atoms with Gasteiger partial charge in [0.1, 0.15) is 11.4 Å². The minimum absolute atomic E-state index is 0.106. The van der Waals surface area contributed by atoms with E-state index in [2.05, 4.69) is 15.7 Å². The highest BCUT2D eigenvalue weighted by molar-refractivity contribution is 7.89. The van der Waals surface area contributed by atoms with Crippen LogP contribution in [-0.2, 0) is 21.4 Å². The van der Waals surface area contributed by atoms with Gasteiger partial charge in [0.2, 0.25) is 10.0 Å². The molecule has 1 heterocycles. The maximum absolute atomic E-state index is 12.0. The Morgan fingerprint density at radius 2 is 2.37 bits per heavy atom. The van der Waals surface area contributed by atoms with Crippen LogP contribution in [0.2, 0.25) is 0 Å². The summed E-state index contributed by atoms with van der Waals surface area (Å²) in [4.78, 5) is 10.4. The summed E-state index contributed by atoms with van der Waals surface area (Å²) in [6.45, 7) is 1.49. The molecule has 0 saturated carbocycles. The van der Waals surface area contributed by atoms with Crippen molar-refractivity contribution in [3.63, 3.8) is 0 Å². The number of hydrogen-bond donors (Lipinski definition) is 2. The van der Waals surface area contributed by atoms with Gasteiger partial charge in [-0.1, -0.05) is 19.3 Å². The van der Waals surface area contributed by atoms with Crippen molar-refractivity contribution < 1.29 is 18.3 Å². The molecule has 0 aromatic carbocycles. The third-order valence-electron chi connectivity index (χ3n) is 2.29. The molecule has 0 saturated heterocycles. The van der Waals surface area contributed by atoms with Gasteiger partial charge in [-0.15, -0.1) is 6.42 Å². The van der Waals surface area contributed by atoms with E-state index in [1.807, 2.05) is 6.92 Å². The molecular weight excluding hydrogens is 270 g/mol. The predicted molar refractivity (Wildman–Crippen MR) is 67.7 cm³/mol. The van der Waals surface area contributed by atoms with Crippen molar-refractivity contribution in [1.82, 2.24) is 14.5 Å². The Morgan fingerprint density at radius 1 is 1.68 bits per heavy atom. The molecule has 8 heteroatoms. The summed E-state index contributed by atoms with van der Waals surface area (Å²) in [7, 11) is -3.78. The minimum atomic E-state index is -3.78. The van der Waals surface area contributed by atoms with Crippen molar-refractivity contribution in [3.05, 3.63) is 12.4 Å². The van der Waals surface area contributed by atoms with Crippen LogP contribution in [0.3, 0.4) is 0 Å². The summed E-state index contributed by atoms with van der Waals surface area (Å²) in [6.07, 6.45) is 8.75. The number of nitrogens with zero attached hydrogens (tertiary/aromatic N) is 2. The molecule has 0 amide bonds. The number of aromatic nitrogens is 2. The third-order valence-corrected chi connectivity index (χ3v) is 3.72. The van der Waals surface area contributed by atoms with Crippen molar-refractivity contribution in [3.8, 4) is 12.3 Å². The number of nitrogens with one attached hydrogen (secondary N) is 1. The molecule has 0 fully saturated rings. The van der Waals surface area contributed by atoms with Gasteiger partial charge in [-0.2, -0.15) is 9.82 Å². The van der Waals surface area contributed by atoms with E-state index in [0.29, 0.717) is 6.42 Å². The lowest BCUT2D eigenvalue weighted by atomic mass is 10.2. The first-order chi connectivity index (χ1) is 8.89. The molecule has 0 bridgehead atoms. The molecule has 1 aromatic rings. The first-order valence-corrected chi connectivity index (χ1v) is 7.10. The van der Waals surface area contributed by atoms with E-state index in [0.717, 1.165) is 23.5 Å². The highest BCUT2D eigenvalue weighted by atomic mass is 32.2. The molecule has 19 heavy (non-hydrogen) atoms. The van der Waals surface area contributed by atoms with Crippen LogP contribution in [0, 0.1) is 12.3 Å². The van der Waals surface area contributed by atoms with Crippen LogP contribution >= 0.6 is 0 Å². The molecule has 0 aliphatic carbocycles. The first-order valence-electron chi connectivity index (χ1n) is 5.61. The molecule has 0 spiro atoms. The van der Waals surface area contributed by atoms with Crippen LogP contribution in [0.25, 0.3) is 0 Å². The van der Waals surface area contributed by atoms with Gasteiger partial charge in [0.05, 0.1) is 12.2 Å². The van der Waals surface area contributed by atoms with Gasteiger partial charge in [-0.3, -0.25) is 9.48 Å². The number of aliphatic carboxylic acids is 1. The summed E-state index contributed by atoms with van der Waals surface area (Å²) in [5.74, 6) is 1.25. The van der Waals surface area contributed by atoms with Crippen molar-refractivity contribution in [2.24, 2.45) is 0 Å². The fraction of sp³-hybridized carbons (Fsp3) is 0.455. The van der Waals surface area contributed by atoms with E-state index >= 15 is 0 Å². The maximum Gasteiger partial charge on any atom is 0.325 e. The van der Waals surface area contributed by atoms with E-state index in [4.69, 9.17) is 11.5 Å². The van der Waals surface area contributed by atoms with Gasteiger partial charge in [0.15, 0.2) is 0 Å². The molecule has 104 valence electrons. The Kier molecular flexibility index (Phi) is 5.09. The number of carbonyl (C=O) groups is 1. The fourth-order valence-electron chi connectivity index (χ4n) is 1.43. The number of sulfonamides is 1. The Hall–Kier alpha value is -1.85. The molecule has 0 aliphatic heterocycles. The van der Waals surface area contributed by atoms with Gasteiger partial charge in [-0.25, -0.2) is 8.42 Å². The van der Waals surface area contributed by atoms with Gasteiger partial charge < -0.3 is 5.11 Å². The monoisotopic (exact) mass is 285 g/mol. The predicted octanol–water partition coefficient (Wildman–Crippen LogP) is 0.0479. The largest absolute Gasteiger partial charge is 0.480 e. The lowest BCUT2D eigenvalue weighted by Gasteiger charge is -2.10. The highest BCUT2D eigenvalue weighted by Crippen LogP contribution is 2.09. The smallest absolute Gasteiger partial charge is 0.325 e. The van der Waals surface area contributed by atoms with Gasteiger partial charge in [0.25, 0.3) is 0 Å². The first kappa shape index (κ1) is 15.2. The SMILES string of the molecule is C#CC(CCC)NS(=O)(=O)c1cnn(CC(=O)O)c1. The van der Waals surface area contributed by atoms with Crippen LogP contribution in [0.5, 0.6) is 0 Å². The topological polar surface area (TPSA) is 101 Å². The van der Waals surface area contributed by atoms with Crippen molar-refractivity contribution >= 4 is 16.0 Å². The minimum Gasteiger partial charge on any atom is -0.480 e. The second-order valence-corrected chi connectivity index (χ2v) is 5.61. The number of carboxylic acids is 1. The lowest BCUT2D eigenvalue weighted by molar-refractivity contribution is -0.137. The van der Waals surface area contributed by atoms with E-state index in [1.54, 1.807) is 0 Å². The van der Waals surface area contributed by atoms with E-state index in [1.165, 1.54) is 0 Å². The number of rotatable bonds is 7. The normalized spacial score (nSPS) is 12.8. The van der Waals surface area contributed by atoms with E-state index < -0.39 is 28.6 Å². The molecule has 1 rings (SSSR count). The summed E-state index contributed by atoms with van der Waals surface area (Å²) in [5, 5.41) is 12.2. The Labute approximate surface area is 111 Å². The van der Waals surface area contributed by atoms with Crippen molar-refractivity contribution in [2.75, 3.05) is 0 Å². The zero-order valence-electron chi connectivity index (χ0n) is 10.4. The standard InChI is InChI=1S/C11H15N3O4S/c1-3-5-9(4-2)13-19(17,18)10-6-12-14(7-10)8-11(15)16/h2,6-7,9,13H,3,5,8H2,1H3,(H,15,16). The molecular formula is C11H15N3O4S. The van der Waals surface area contributed by atoms with Crippen LogP contribution in [-0.4, -0.2) is 35.3 Å². The van der Waals surface area contributed by atoms with Crippen LogP contribution in [0.1, 0.15) is 19.8 Å². The zero-order chi connectivity index (χ0) is 14.5. The molecule has 1 atom stereocenters. The van der Waals surface area contributed by atoms with Crippen LogP contribution in [0.15, 0.2) is 17.3 Å². The second kappa shape index (κ2) is 6.36. The fourth-order valence-corrected chi connectivity index (χ4v) is 2.57. The number of carboxylic acid groups (broad SMARTS) is 1. The molecule has 7 nitrogen and oxygen atoms in total. The average Bonchev–Trinajstić information content (AvgIpc) is 2.76. The molecule has 1 unspecified atom stereocenters. The van der Waals surface area contributed by atoms with E-state index in [9.17, 15) is 13.2 Å². The number of terminal acetylenes is 1. The summed E-state index contributed by atoms with van der Waals surface area (Å²) < 4.78 is 27.3. The molecule has 0 radical (unpaired) electrons. The second-order valence-electron chi connectivity index (χ2n) is 3.90. The lowest BCUT2D eigenvalue weighted by Crippen LogP contribution is -2.33. The quantitative estimate of drug-likeness (QED) is 0.689. The highest BCUT2D eigenvalue weighted by Gasteiger charge is 2.20. The van der Waals surface area contributed by atoms with E-state index in [-0.39, 0.29) is 4.90 Å². The number of hydrogen-bond acceptors (Lipinski definition) is 4. The van der Waals surface area contributed by atoms with Gasteiger partial charge in [0, 0.05) is 6.20 Å². The Balaban J connectivity index is 2.85. The van der Waals surface area contributed by atoms with Crippen molar-refractivity contribution in [1.29, 1.82) is 0 Å². The van der Waals surface area contributed by atoms with Crippen molar-refractivity contribution in [2.45, 2.75) is 37.2 Å². The molecule has 2 N–H and O–H groups in total. The maximum atomic E-state index is 12.0. The van der Waals surface area contributed by atoms with Crippen LogP contribution < -0.4 is 4.72 Å². The summed E-state index contributed by atoms with van der Waals surface area (Å²) >= 11 is 0. The Bertz CT molecular complexity index is 585. The average molecular weight is 285 g/mol. The zero-order valence-corrected chi connectivity index (χ0v) is 11.2. The Morgan fingerprint density at radius 3 is 2.89 bits per heavy atom. The molecule has 1 aromatic heterocycles. The van der Waals surface area contributed by atoms with Gasteiger partial charge >= 0.3 is 5.97 Å². The molecule has 0 aliphatic rings. The van der Waals surface area contributed by atoms with Gasteiger partial charge in [-0.05, 0) is 6.42 Å². The third kappa shape index (κ3) is 4.39. The summed E-state index contributed by atoms with van der Waals surface area (Å²) in [5.41, 5.74) is 0.